The van der Waals surface area contributed by atoms with Crippen LogP contribution >= 0.6 is 0 Å². The Kier molecular flexibility index (Phi) is 5.03. The molecule has 6 heteroatoms. The van der Waals surface area contributed by atoms with Crippen LogP contribution in [-0.4, -0.2) is 59.9 Å². The third-order valence-electron chi connectivity index (χ3n) is 9.52. The number of piperidine rings is 1. The predicted octanol–water partition coefficient (Wildman–Crippen LogP) is 3.46. The fourth-order valence-corrected chi connectivity index (χ4v) is 7.75. The summed E-state index contributed by atoms with van der Waals surface area (Å²) in [5.41, 5.74) is 1.97. The van der Waals surface area contributed by atoms with Gasteiger partial charge in [-0.1, -0.05) is 36.4 Å². The molecule has 1 spiro atoms. The predicted molar refractivity (Wildman–Crippen MR) is 137 cm³/mol. The van der Waals surface area contributed by atoms with Crippen LogP contribution in [-0.2, 0) is 16.6 Å². The molecule has 0 aromatic heterocycles. The van der Waals surface area contributed by atoms with E-state index in [0.29, 0.717) is 18.6 Å². The van der Waals surface area contributed by atoms with Gasteiger partial charge < -0.3 is 19.9 Å². The summed E-state index contributed by atoms with van der Waals surface area (Å²) >= 11 is 0. The van der Waals surface area contributed by atoms with Gasteiger partial charge in [-0.15, -0.1) is 0 Å². The molecule has 36 heavy (non-hydrogen) atoms. The summed E-state index contributed by atoms with van der Waals surface area (Å²) in [6.45, 7) is 2.03. The van der Waals surface area contributed by atoms with E-state index in [1.807, 2.05) is 42.5 Å². The van der Waals surface area contributed by atoms with Gasteiger partial charge in [0.1, 0.15) is 6.10 Å². The van der Waals surface area contributed by atoms with Crippen molar-refractivity contribution in [3.8, 4) is 11.5 Å². The van der Waals surface area contributed by atoms with Gasteiger partial charge in [0, 0.05) is 24.2 Å². The first-order valence-corrected chi connectivity index (χ1v) is 13.4. The van der Waals surface area contributed by atoms with Crippen LogP contribution in [0.4, 0.5) is 0 Å². The standard InChI is InChI=1S/C30H34N2O4/c1-35-23-11-10-21-17-24-30(34)14-13-22(31-25(33)12-9-19-5-3-2-4-6-19)28-29(30,26(21)27(23)36-28)15-16-32(24)18-20-7-8-20/h2-6,9-12,20,22,24,28,34H,7-8,13-18H2,1H3,(H,31,33)/b12-9+/t22-,24-,28+,29+,30-/m1/s1. The van der Waals surface area contributed by atoms with Crippen molar-refractivity contribution in [2.45, 2.75) is 67.7 Å². The van der Waals surface area contributed by atoms with Crippen LogP contribution in [0.25, 0.3) is 6.08 Å². The zero-order chi connectivity index (χ0) is 24.5. The molecule has 2 aliphatic heterocycles. The molecule has 2 aromatic carbocycles. The van der Waals surface area contributed by atoms with Gasteiger partial charge in [0.05, 0.1) is 24.2 Å². The monoisotopic (exact) mass is 486 g/mol. The maximum absolute atomic E-state index is 13.0. The van der Waals surface area contributed by atoms with Crippen molar-refractivity contribution in [1.82, 2.24) is 10.2 Å². The number of ether oxygens (including phenoxy) is 2. The van der Waals surface area contributed by atoms with Crippen LogP contribution in [0.5, 0.6) is 11.5 Å². The van der Waals surface area contributed by atoms with Crippen molar-refractivity contribution in [2.24, 2.45) is 5.92 Å². The summed E-state index contributed by atoms with van der Waals surface area (Å²) in [4.78, 5) is 15.6. The first-order valence-electron chi connectivity index (χ1n) is 13.4. The maximum atomic E-state index is 13.0. The van der Waals surface area contributed by atoms with Crippen LogP contribution in [0.1, 0.15) is 48.8 Å². The quantitative estimate of drug-likeness (QED) is 0.612. The van der Waals surface area contributed by atoms with Gasteiger partial charge in [-0.3, -0.25) is 9.69 Å². The van der Waals surface area contributed by atoms with Gasteiger partial charge in [-0.25, -0.2) is 0 Å². The van der Waals surface area contributed by atoms with Gasteiger partial charge >= 0.3 is 0 Å². The van der Waals surface area contributed by atoms with Gasteiger partial charge in [0.15, 0.2) is 11.5 Å². The Morgan fingerprint density at radius 2 is 2.03 bits per heavy atom. The number of carbonyl (C=O) groups excluding carboxylic acids is 1. The minimum atomic E-state index is -0.878. The summed E-state index contributed by atoms with van der Waals surface area (Å²) < 4.78 is 12.4. The van der Waals surface area contributed by atoms with Gasteiger partial charge in [0.2, 0.25) is 5.91 Å². The first-order chi connectivity index (χ1) is 17.5. The SMILES string of the molecule is COc1ccc2c3c1O[C@H]1[C@H](NC(=O)/C=C/c4ccccc4)CC[C@@]4(O)[C@@H](C2)N(CC2CC2)CC[C@]314. The zero-order valence-corrected chi connectivity index (χ0v) is 20.8. The van der Waals surface area contributed by atoms with Gasteiger partial charge in [-0.05, 0) is 74.3 Å². The number of benzene rings is 2. The number of hydrogen-bond donors (Lipinski definition) is 2. The summed E-state index contributed by atoms with van der Waals surface area (Å²) in [6, 6.07) is 13.9. The fraction of sp³-hybridized carbons (Fsp3) is 0.500. The molecule has 1 saturated heterocycles. The third-order valence-corrected chi connectivity index (χ3v) is 9.52. The molecule has 1 amide bonds. The number of nitrogens with one attached hydrogen (secondary N) is 1. The number of amides is 1. The highest BCUT2D eigenvalue weighted by atomic mass is 16.5. The minimum Gasteiger partial charge on any atom is -0.493 e. The number of aliphatic hydroxyl groups is 1. The Morgan fingerprint density at radius 3 is 2.81 bits per heavy atom. The number of carbonyl (C=O) groups is 1. The summed E-state index contributed by atoms with van der Waals surface area (Å²) in [7, 11) is 1.67. The highest BCUT2D eigenvalue weighted by Gasteiger charge is 2.73. The maximum Gasteiger partial charge on any atom is 0.244 e. The molecule has 2 N–H and O–H groups in total. The first kappa shape index (κ1) is 22.4. The molecular formula is C30H34N2O4. The molecule has 5 atom stereocenters. The van der Waals surface area contributed by atoms with E-state index in [2.05, 4.69) is 16.3 Å². The largest absolute Gasteiger partial charge is 0.493 e. The number of nitrogens with zero attached hydrogens (tertiary/aromatic N) is 1. The van der Waals surface area contributed by atoms with Gasteiger partial charge in [-0.2, -0.15) is 0 Å². The molecule has 3 fully saturated rings. The average Bonchev–Trinajstić information content (AvgIpc) is 3.63. The molecule has 2 heterocycles. The van der Waals surface area contributed by atoms with E-state index >= 15 is 0 Å². The normalized spacial score (nSPS) is 34.2. The van der Waals surface area contributed by atoms with E-state index in [0.717, 1.165) is 48.7 Å². The van der Waals surface area contributed by atoms with Crippen LogP contribution in [0.3, 0.4) is 0 Å². The lowest BCUT2D eigenvalue weighted by atomic mass is 9.48. The molecule has 5 aliphatic rings. The van der Waals surface area contributed by atoms with Crippen molar-refractivity contribution in [3.63, 3.8) is 0 Å². The zero-order valence-electron chi connectivity index (χ0n) is 20.8. The Labute approximate surface area is 212 Å². The molecule has 0 unspecified atom stereocenters. The van der Waals surface area contributed by atoms with Crippen molar-refractivity contribution in [3.05, 3.63) is 65.2 Å². The molecule has 188 valence electrons. The smallest absolute Gasteiger partial charge is 0.244 e. The van der Waals surface area contributed by atoms with Crippen LogP contribution in [0, 0.1) is 5.92 Å². The molecule has 3 aliphatic carbocycles. The Balaban J connectivity index is 1.25. The summed E-state index contributed by atoms with van der Waals surface area (Å²) in [6.07, 6.45) is 8.74. The average molecular weight is 487 g/mol. The number of rotatable bonds is 6. The molecule has 7 rings (SSSR count). The highest BCUT2D eigenvalue weighted by molar-refractivity contribution is 5.92. The fourth-order valence-electron chi connectivity index (χ4n) is 7.75. The minimum absolute atomic E-state index is 0.0828. The second-order valence-electron chi connectivity index (χ2n) is 11.4. The molecule has 2 saturated carbocycles. The second-order valence-corrected chi connectivity index (χ2v) is 11.4. The molecule has 2 aromatic rings. The van der Waals surface area contributed by atoms with Crippen molar-refractivity contribution >= 4 is 12.0 Å². The Bertz CT molecular complexity index is 1220. The topological polar surface area (TPSA) is 71.0 Å². The second kappa shape index (κ2) is 8.09. The van der Waals surface area contributed by atoms with Crippen LogP contribution < -0.4 is 14.8 Å². The van der Waals surface area contributed by atoms with Crippen molar-refractivity contribution in [1.29, 1.82) is 0 Å². The summed E-state index contributed by atoms with van der Waals surface area (Å²) in [5, 5.41) is 15.8. The number of methoxy groups -OCH3 is 1. The Hall–Kier alpha value is -2.83. The van der Waals surface area contributed by atoms with E-state index in [-0.39, 0.29) is 24.1 Å². The van der Waals surface area contributed by atoms with E-state index in [1.54, 1.807) is 13.2 Å². The lowest BCUT2D eigenvalue weighted by Crippen LogP contribution is -2.78. The Morgan fingerprint density at radius 1 is 1.19 bits per heavy atom. The molecule has 0 radical (unpaired) electrons. The lowest BCUT2D eigenvalue weighted by molar-refractivity contribution is -0.192. The van der Waals surface area contributed by atoms with Gasteiger partial charge in [0.25, 0.3) is 0 Å². The lowest BCUT2D eigenvalue weighted by Gasteiger charge is -2.64. The third kappa shape index (κ3) is 3.13. The molecular weight excluding hydrogens is 452 g/mol. The molecule has 2 bridgehead atoms. The van der Waals surface area contributed by atoms with Crippen molar-refractivity contribution < 1.29 is 19.4 Å². The van der Waals surface area contributed by atoms with E-state index in [1.165, 1.54) is 18.4 Å². The van der Waals surface area contributed by atoms with Crippen molar-refractivity contribution in [2.75, 3.05) is 20.2 Å². The van der Waals surface area contributed by atoms with Crippen LogP contribution in [0.15, 0.2) is 48.5 Å². The summed E-state index contributed by atoms with van der Waals surface area (Å²) in [5.74, 6) is 2.13. The molecule has 6 nitrogen and oxygen atoms in total. The van der Waals surface area contributed by atoms with E-state index in [4.69, 9.17) is 9.47 Å². The highest BCUT2D eigenvalue weighted by Crippen LogP contribution is 2.65. The van der Waals surface area contributed by atoms with E-state index in [9.17, 15) is 9.90 Å². The van der Waals surface area contributed by atoms with Crippen LogP contribution in [0.2, 0.25) is 0 Å². The van der Waals surface area contributed by atoms with E-state index < -0.39 is 11.0 Å². The number of hydrogen-bond acceptors (Lipinski definition) is 5. The number of likely N-dealkylation sites (tertiary alicyclic amines) is 1.